The molecule has 0 aliphatic carbocycles. The lowest BCUT2D eigenvalue weighted by molar-refractivity contribution is 0.0949. The quantitative estimate of drug-likeness (QED) is 0.832. The van der Waals surface area contributed by atoms with Gasteiger partial charge < -0.3 is 10.1 Å². The Morgan fingerprint density at radius 2 is 2.19 bits per heavy atom. The van der Waals surface area contributed by atoms with Crippen LogP contribution in [-0.2, 0) is 14.8 Å². The van der Waals surface area contributed by atoms with Crippen LogP contribution in [0.2, 0.25) is 0 Å². The van der Waals surface area contributed by atoms with Crippen LogP contribution >= 0.6 is 0 Å². The smallest absolute Gasteiger partial charge is 0.251 e. The molecule has 21 heavy (non-hydrogen) atoms. The molecular weight excluding hydrogens is 299 g/mol. The van der Waals surface area contributed by atoms with Gasteiger partial charge in [0.05, 0.1) is 4.90 Å². The van der Waals surface area contributed by atoms with E-state index in [1.54, 1.807) is 0 Å². The first-order chi connectivity index (χ1) is 9.86. The van der Waals surface area contributed by atoms with E-state index in [0.29, 0.717) is 19.1 Å². The normalized spacial score (nSPS) is 18.7. The van der Waals surface area contributed by atoms with Crippen molar-refractivity contribution in [3.05, 3.63) is 29.6 Å². The Morgan fingerprint density at radius 1 is 1.43 bits per heavy atom. The molecule has 2 rings (SSSR count). The minimum Gasteiger partial charge on any atom is -0.381 e. The molecule has 0 radical (unpaired) electrons. The maximum absolute atomic E-state index is 13.4. The van der Waals surface area contributed by atoms with Gasteiger partial charge in [0.15, 0.2) is 0 Å². The number of nitrogens with two attached hydrogens (primary N) is 1. The molecule has 1 unspecified atom stereocenters. The highest BCUT2D eigenvalue weighted by molar-refractivity contribution is 7.89. The highest BCUT2D eigenvalue weighted by atomic mass is 32.2. The largest absolute Gasteiger partial charge is 0.381 e. The summed E-state index contributed by atoms with van der Waals surface area (Å²) in [6.07, 6.45) is 1.73. The van der Waals surface area contributed by atoms with Crippen molar-refractivity contribution in [3.63, 3.8) is 0 Å². The van der Waals surface area contributed by atoms with Crippen LogP contribution in [0.3, 0.4) is 0 Å². The van der Waals surface area contributed by atoms with Crippen LogP contribution in [0.5, 0.6) is 0 Å². The minimum absolute atomic E-state index is 0.0679. The van der Waals surface area contributed by atoms with Crippen molar-refractivity contribution >= 4 is 15.9 Å². The molecule has 0 aromatic heterocycles. The number of hydrogen-bond donors (Lipinski definition) is 2. The number of nitrogens with one attached hydrogen (secondary N) is 1. The molecule has 1 amide bonds. The molecule has 8 heteroatoms. The van der Waals surface area contributed by atoms with Gasteiger partial charge in [-0.2, -0.15) is 0 Å². The van der Waals surface area contributed by atoms with Gasteiger partial charge in [-0.3, -0.25) is 4.79 Å². The molecule has 1 heterocycles. The third kappa shape index (κ3) is 4.48. The molecule has 1 fully saturated rings. The second-order valence-electron chi connectivity index (χ2n) is 4.99. The molecule has 6 nitrogen and oxygen atoms in total. The van der Waals surface area contributed by atoms with Crippen molar-refractivity contribution in [2.45, 2.75) is 17.7 Å². The summed E-state index contributed by atoms with van der Waals surface area (Å²) < 4.78 is 41.0. The van der Waals surface area contributed by atoms with Gasteiger partial charge in [0, 0.05) is 25.3 Å². The predicted molar refractivity (Wildman–Crippen MR) is 73.6 cm³/mol. The highest BCUT2D eigenvalue weighted by Gasteiger charge is 2.17. The lowest BCUT2D eigenvalue weighted by Gasteiger charge is -2.09. The Balaban J connectivity index is 2.00. The van der Waals surface area contributed by atoms with Gasteiger partial charge in [0.1, 0.15) is 5.82 Å². The molecule has 1 aliphatic rings. The lowest BCUT2D eigenvalue weighted by Crippen LogP contribution is -2.26. The number of ether oxygens (including phenoxy) is 1. The first kappa shape index (κ1) is 15.9. The van der Waals surface area contributed by atoms with E-state index < -0.39 is 26.6 Å². The Kier molecular flexibility index (Phi) is 4.92. The lowest BCUT2D eigenvalue weighted by atomic mass is 10.1. The Morgan fingerprint density at radius 3 is 2.81 bits per heavy atom. The van der Waals surface area contributed by atoms with Gasteiger partial charge in [0.2, 0.25) is 10.0 Å². The van der Waals surface area contributed by atoms with E-state index in [1.807, 2.05) is 0 Å². The average molecular weight is 316 g/mol. The third-order valence-electron chi connectivity index (χ3n) is 3.32. The van der Waals surface area contributed by atoms with Crippen molar-refractivity contribution in [2.24, 2.45) is 11.1 Å². The first-order valence-electron chi connectivity index (χ1n) is 6.55. The van der Waals surface area contributed by atoms with Gasteiger partial charge in [-0.15, -0.1) is 0 Å². The maximum Gasteiger partial charge on any atom is 0.251 e. The third-order valence-corrected chi connectivity index (χ3v) is 4.22. The predicted octanol–water partition coefficient (Wildman–Crippen LogP) is 0.629. The zero-order chi connectivity index (χ0) is 15.5. The standard InChI is InChI=1S/C13H17FN2O4S/c14-11-5-10(6-12(7-11)21(15,18)19)13(17)16-3-1-9-2-4-20-8-9/h5-7,9H,1-4,8H2,(H,16,17)(H2,15,18,19). The minimum atomic E-state index is -4.05. The van der Waals surface area contributed by atoms with Crippen molar-refractivity contribution in [1.82, 2.24) is 5.32 Å². The molecule has 1 aromatic rings. The molecule has 3 N–H and O–H groups in total. The van der Waals surface area contributed by atoms with Crippen LogP contribution in [0.25, 0.3) is 0 Å². The second kappa shape index (κ2) is 6.50. The number of benzene rings is 1. The first-order valence-corrected chi connectivity index (χ1v) is 8.10. The van der Waals surface area contributed by atoms with Crippen molar-refractivity contribution in [3.8, 4) is 0 Å². The molecule has 0 bridgehead atoms. The monoisotopic (exact) mass is 316 g/mol. The molecule has 0 saturated carbocycles. The second-order valence-corrected chi connectivity index (χ2v) is 6.56. The van der Waals surface area contributed by atoms with E-state index in [4.69, 9.17) is 9.88 Å². The number of sulfonamides is 1. The van der Waals surface area contributed by atoms with E-state index in [1.165, 1.54) is 0 Å². The van der Waals surface area contributed by atoms with Crippen LogP contribution in [0.1, 0.15) is 23.2 Å². The maximum atomic E-state index is 13.4. The van der Waals surface area contributed by atoms with Gasteiger partial charge >= 0.3 is 0 Å². The fraction of sp³-hybridized carbons (Fsp3) is 0.462. The summed E-state index contributed by atoms with van der Waals surface area (Å²) >= 11 is 0. The van der Waals surface area contributed by atoms with Crippen LogP contribution < -0.4 is 10.5 Å². The zero-order valence-electron chi connectivity index (χ0n) is 11.3. The number of halogens is 1. The molecule has 1 atom stereocenters. The Labute approximate surface area is 122 Å². The summed E-state index contributed by atoms with van der Waals surface area (Å²) in [5.41, 5.74) is -0.0679. The topological polar surface area (TPSA) is 98.5 Å². The van der Waals surface area contributed by atoms with Crippen molar-refractivity contribution in [2.75, 3.05) is 19.8 Å². The van der Waals surface area contributed by atoms with Gasteiger partial charge in [-0.05, 0) is 37.0 Å². The summed E-state index contributed by atoms with van der Waals surface area (Å²) in [4.78, 5) is 11.5. The number of carbonyl (C=O) groups is 1. The van der Waals surface area contributed by atoms with Crippen molar-refractivity contribution < 1.29 is 22.3 Å². The van der Waals surface area contributed by atoms with Crippen LogP contribution in [0.15, 0.2) is 23.1 Å². The SMILES string of the molecule is NS(=O)(=O)c1cc(F)cc(C(=O)NCCC2CCOC2)c1. The summed E-state index contributed by atoms with van der Waals surface area (Å²) in [6.45, 7) is 1.85. The van der Waals surface area contributed by atoms with Gasteiger partial charge in [-0.1, -0.05) is 0 Å². The van der Waals surface area contributed by atoms with Gasteiger partial charge in [-0.25, -0.2) is 17.9 Å². The molecule has 1 aromatic carbocycles. The fourth-order valence-electron chi connectivity index (χ4n) is 2.16. The number of rotatable bonds is 5. The molecule has 116 valence electrons. The number of primary sulfonamides is 1. The highest BCUT2D eigenvalue weighted by Crippen LogP contribution is 2.16. The van der Waals surface area contributed by atoms with Crippen LogP contribution in [0, 0.1) is 11.7 Å². The zero-order valence-corrected chi connectivity index (χ0v) is 12.2. The summed E-state index contributed by atoms with van der Waals surface area (Å²) in [7, 11) is -4.05. The number of amides is 1. The number of hydrogen-bond acceptors (Lipinski definition) is 4. The van der Waals surface area contributed by atoms with E-state index in [0.717, 1.165) is 37.6 Å². The Bertz CT molecular complexity index is 627. The van der Waals surface area contributed by atoms with Crippen LogP contribution in [0.4, 0.5) is 4.39 Å². The summed E-state index contributed by atoms with van der Waals surface area (Å²) in [6, 6.07) is 2.82. The summed E-state index contributed by atoms with van der Waals surface area (Å²) in [5.74, 6) is -0.938. The molecule has 1 saturated heterocycles. The van der Waals surface area contributed by atoms with Gasteiger partial charge in [0.25, 0.3) is 5.91 Å². The average Bonchev–Trinajstić information content (AvgIpc) is 2.90. The summed E-state index contributed by atoms with van der Waals surface area (Å²) in [5, 5.41) is 7.57. The van der Waals surface area contributed by atoms with E-state index in [2.05, 4.69) is 5.32 Å². The van der Waals surface area contributed by atoms with Crippen molar-refractivity contribution in [1.29, 1.82) is 0 Å². The van der Waals surface area contributed by atoms with E-state index in [9.17, 15) is 17.6 Å². The molecule has 0 spiro atoms. The fourth-order valence-corrected chi connectivity index (χ4v) is 2.73. The molecular formula is C13H17FN2O4S. The van der Waals surface area contributed by atoms with E-state index in [-0.39, 0.29) is 5.56 Å². The van der Waals surface area contributed by atoms with Crippen LogP contribution in [-0.4, -0.2) is 34.1 Å². The van der Waals surface area contributed by atoms with E-state index >= 15 is 0 Å². The molecule has 1 aliphatic heterocycles. The number of carbonyl (C=O) groups excluding carboxylic acids is 1. The Hall–Kier alpha value is -1.51.